The second-order valence-corrected chi connectivity index (χ2v) is 1.68. The van der Waals surface area contributed by atoms with Crippen LogP contribution < -0.4 is 11.1 Å². The van der Waals surface area contributed by atoms with E-state index in [9.17, 15) is 0 Å². The molecule has 47 valence electrons. The molecule has 0 unspecified atom stereocenters. The van der Waals surface area contributed by atoms with E-state index in [1.807, 2.05) is 30.3 Å². The lowest BCUT2D eigenvalue weighted by molar-refractivity contribution is 1.32. The van der Waals surface area contributed by atoms with E-state index in [2.05, 4.69) is 5.32 Å². The maximum absolute atomic E-state index is 5.12. The number of nitrogens with one attached hydrogen (secondary N) is 1. The van der Waals surface area contributed by atoms with Crippen LogP contribution in [0.15, 0.2) is 30.3 Å². The average molecular weight is 121 g/mol. The van der Waals surface area contributed by atoms with E-state index in [1.54, 1.807) is 0 Å². The van der Waals surface area contributed by atoms with E-state index in [4.69, 9.17) is 5.73 Å². The Hall–Kier alpha value is -1.02. The van der Waals surface area contributed by atoms with E-state index >= 15 is 0 Å². The zero-order chi connectivity index (χ0) is 6.53. The molecule has 0 aliphatic rings. The summed E-state index contributed by atoms with van der Waals surface area (Å²) >= 11 is 0. The Kier molecular flexibility index (Phi) is 2.10. The van der Waals surface area contributed by atoms with Crippen molar-refractivity contribution in [3.63, 3.8) is 0 Å². The summed E-state index contributed by atoms with van der Waals surface area (Å²) in [4.78, 5) is 0. The molecular weight excluding hydrogens is 112 g/mol. The van der Waals surface area contributed by atoms with Crippen LogP contribution in [0.4, 0.5) is 5.69 Å². The molecule has 1 aromatic carbocycles. The Morgan fingerprint density at radius 3 is 2.44 bits per heavy atom. The SMILES string of the molecule is N[CH]Nc1ccccc1. The highest BCUT2D eigenvalue weighted by Crippen LogP contribution is 2.03. The summed E-state index contributed by atoms with van der Waals surface area (Å²) < 4.78 is 0. The second kappa shape index (κ2) is 3.10. The molecular formula is C7H9N2. The summed E-state index contributed by atoms with van der Waals surface area (Å²) in [5.41, 5.74) is 6.14. The zero-order valence-corrected chi connectivity index (χ0v) is 5.04. The summed E-state index contributed by atoms with van der Waals surface area (Å²) in [6.45, 7) is 1.41. The van der Waals surface area contributed by atoms with E-state index in [0.717, 1.165) is 5.69 Å². The summed E-state index contributed by atoms with van der Waals surface area (Å²) in [6, 6.07) is 9.76. The van der Waals surface area contributed by atoms with Gasteiger partial charge in [0.1, 0.15) is 6.67 Å². The summed E-state index contributed by atoms with van der Waals surface area (Å²) in [5, 5.41) is 2.86. The van der Waals surface area contributed by atoms with Gasteiger partial charge in [-0.15, -0.1) is 0 Å². The fourth-order valence-electron chi connectivity index (χ4n) is 0.631. The van der Waals surface area contributed by atoms with E-state index < -0.39 is 0 Å². The smallest absolute Gasteiger partial charge is 0.109 e. The molecule has 0 aliphatic heterocycles. The highest BCUT2D eigenvalue weighted by Gasteiger charge is 1.82. The first-order valence-corrected chi connectivity index (χ1v) is 2.78. The van der Waals surface area contributed by atoms with Crippen LogP contribution in [0, 0.1) is 6.67 Å². The molecule has 0 aromatic heterocycles. The highest BCUT2D eigenvalue weighted by atomic mass is 15.0. The Balaban J connectivity index is 2.61. The first kappa shape index (κ1) is 6.11. The van der Waals surface area contributed by atoms with Crippen molar-refractivity contribution in [3.8, 4) is 0 Å². The molecule has 1 radical (unpaired) electrons. The van der Waals surface area contributed by atoms with Crippen LogP contribution >= 0.6 is 0 Å². The van der Waals surface area contributed by atoms with Crippen LogP contribution in [0.5, 0.6) is 0 Å². The Morgan fingerprint density at radius 1 is 1.22 bits per heavy atom. The number of hydrogen-bond acceptors (Lipinski definition) is 2. The van der Waals surface area contributed by atoms with Crippen molar-refractivity contribution in [1.82, 2.24) is 0 Å². The molecule has 0 fully saturated rings. The summed E-state index contributed by atoms with van der Waals surface area (Å²) in [5.74, 6) is 0. The number of para-hydroxylation sites is 1. The predicted molar refractivity (Wildman–Crippen MR) is 38.6 cm³/mol. The van der Waals surface area contributed by atoms with Gasteiger partial charge in [0, 0.05) is 5.69 Å². The van der Waals surface area contributed by atoms with Crippen molar-refractivity contribution < 1.29 is 0 Å². The molecule has 9 heavy (non-hydrogen) atoms. The van der Waals surface area contributed by atoms with Crippen molar-refractivity contribution in [3.05, 3.63) is 37.0 Å². The molecule has 1 aromatic rings. The van der Waals surface area contributed by atoms with E-state index in [1.165, 1.54) is 6.67 Å². The minimum Gasteiger partial charge on any atom is -0.367 e. The number of benzene rings is 1. The van der Waals surface area contributed by atoms with Crippen molar-refractivity contribution in [1.29, 1.82) is 0 Å². The highest BCUT2D eigenvalue weighted by molar-refractivity contribution is 5.43. The number of nitrogens with two attached hydrogens (primary N) is 1. The van der Waals surface area contributed by atoms with Crippen LogP contribution in [-0.2, 0) is 0 Å². The molecule has 0 heterocycles. The molecule has 0 saturated heterocycles. The molecule has 3 N–H and O–H groups in total. The van der Waals surface area contributed by atoms with Crippen LogP contribution in [0.25, 0.3) is 0 Å². The minimum atomic E-state index is 1.01. The Bertz CT molecular complexity index is 160. The molecule has 0 bridgehead atoms. The summed E-state index contributed by atoms with van der Waals surface area (Å²) in [7, 11) is 0. The van der Waals surface area contributed by atoms with Gasteiger partial charge in [-0.25, -0.2) is 0 Å². The fraction of sp³-hybridized carbons (Fsp3) is 0. The standard InChI is InChI=1S/C7H9N2/c8-6-9-7-4-2-1-3-5-7/h1-6,9H,8H2. The van der Waals surface area contributed by atoms with Gasteiger partial charge in [-0.1, -0.05) is 18.2 Å². The molecule has 1 rings (SSSR count). The van der Waals surface area contributed by atoms with Gasteiger partial charge < -0.3 is 11.1 Å². The lowest BCUT2D eigenvalue weighted by Crippen LogP contribution is -2.02. The van der Waals surface area contributed by atoms with Crippen molar-refractivity contribution in [2.75, 3.05) is 5.32 Å². The van der Waals surface area contributed by atoms with Gasteiger partial charge in [-0.05, 0) is 12.1 Å². The molecule has 0 saturated carbocycles. The fourth-order valence-corrected chi connectivity index (χ4v) is 0.631. The van der Waals surface area contributed by atoms with Crippen LogP contribution in [0.1, 0.15) is 0 Å². The molecule has 2 nitrogen and oxygen atoms in total. The first-order valence-electron chi connectivity index (χ1n) is 2.78. The van der Waals surface area contributed by atoms with Gasteiger partial charge in [0.25, 0.3) is 0 Å². The number of rotatable bonds is 2. The average Bonchev–Trinajstić information content (AvgIpc) is 1.91. The Labute approximate surface area is 54.7 Å². The van der Waals surface area contributed by atoms with Crippen molar-refractivity contribution >= 4 is 5.69 Å². The third-order valence-corrected chi connectivity index (χ3v) is 1.02. The molecule has 2 heteroatoms. The second-order valence-electron chi connectivity index (χ2n) is 1.68. The molecule has 0 spiro atoms. The van der Waals surface area contributed by atoms with Crippen LogP contribution in [-0.4, -0.2) is 0 Å². The maximum Gasteiger partial charge on any atom is 0.109 e. The minimum absolute atomic E-state index is 1.01. The quantitative estimate of drug-likeness (QED) is 0.616. The van der Waals surface area contributed by atoms with Crippen LogP contribution in [0.2, 0.25) is 0 Å². The summed E-state index contributed by atoms with van der Waals surface area (Å²) in [6.07, 6.45) is 0. The third kappa shape index (κ3) is 1.74. The first-order chi connectivity index (χ1) is 4.43. The lowest BCUT2D eigenvalue weighted by Gasteiger charge is -1.98. The molecule has 0 atom stereocenters. The lowest BCUT2D eigenvalue weighted by atomic mass is 10.3. The van der Waals surface area contributed by atoms with Crippen LogP contribution in [0.3, 0.4) is 0 Å². The number of hydrogen-bond donors (Lipinski definition) is 2. The zero-order valence-electron chi connectivity index (χ0n) is 5.04. The van der Waals surface area contributed by atoms with Gasteiger partial charge in [0.2, 0.25) is 0 Å². The van der Waals surface area contributed by atoms with Gasteiger partial charge in [0.15, 0.2) is 0 Å². The Morgan fingerprint density at radius 2 is 1.89 bits per heavy atom. The number of anilines is 1. The normalized spacial score (nSPS) is 9.00. The largest absolute Gasteiger partial charge is 0.367 e. The van der Waals surface area contributed by atoms with E-state index in [0.29, 0.717) is 0 Å². The monoisotopic (exact) mass is 121 g/mol. The van der Waals surface area contributed by atoms with Gasteiger partial charge >= 0.3 is 0 Å². The van der Waals surface area contributed by atoms with Gasteiger partial charge in [0.05, 0.1) is 0 Å². The molecule has 0 amide bonds. The van der Waals surface area contributed by atoms with Gasteiger partial charge in [-0.3, -0.25) is 0 Å². The van der Waals surface area contributed by atoms with E-state index in [-0.39, 0.29) is 0 Å². The topological polar surface area (TPSA) is 38.0 Å². The third-order valence-electron chi connectivity index (χ3n) is 1.02. The predicted octanol–water partition coefficient (Wildman–Crippen LogP) is 1.18. The van der Waals surface area contributed by atoms with Gasteiger partial charge in [-0.2, -0.15) is 0 Å². The van der Waals surface area contributed by atoms with Crippen molar-refractivity contribution in [2.45, 2.75) is 0 Å². The van der Waals surface area contributed by atoms with Crippen molar-refractivity contribution in [2.24, 2.45) is 5.73 Å². The molecule has 0 aliphatic carbocycles. The maximum atomic E-state index is 5.12.